The maximum atomic E-state index is 12.6. The molecule has 0 aliphatic rings. The number of para-hydroxylation sites is 1. The van der Waals surface area contributed by atoms with Gasteiger partial charge in [0.05, 0.1) is 4.90 Å². The zero-order valence-corrected chi connectivity index (χ0v) is 17.6. The van der Waals surface area contributed by atoms with Gasteiger partial charge in [0.15, 0.2) is 5.78 Å². The Bertz CT molecular complexity index is 969. The summed E-state index contributed by atoms with van der Waals surface area (Å²) in [4.78, 5) is 23.9. The summed E-state index contributed by atoms with van der Waals surface area (Å²) < 4.78 is 27.2. The quantitative estimate of drug-likeness (QED) is 0.688. The third-order valence-corrected chi connectivity index (χ3v) is 5.72. The van der Waals surface area contributed by atoms with Gasteiger partial charge < -0.3 is 5.32 Å². The zero-order chi connectivity index (χ0) is 21.1. The van der Waals surface area contributed by atoms with Gasteiger partial charge in [-0.25, -0.2) is 17.9 Å². The fourth-order valence-electron chi connectivity index (χ4n) is 2.90. The summed E-state index contributed by atoms with van der Waals surface area (Å²) in [6.07, 6.45) is 0. The Labute approximate surface area is 166 Å². The molecule has 28 heavy (non-hydrogen) atoms. The van der Waals surface area contributed by atoms with Crippen molar-refractivity contribution in [1.29, 1.82) is 0 Å². The average molecular weight is 403 g/mol. The normalized spacial score (nSPS) is 11.5. The Balaban J connectivity index is 2.32. The minimum atomic E-state index is -4.12. The molecular weight excluding hydrogens is 376 g/mol. The molecule has 0 saturated carbocycles. The number of hydrogen-bond acceptors (Lipinski definition) is 4. The van der Waals surface area contributed by atoms with E-state index in [0.29, 0.717) is 5.69 Å². The second-order valence-corrected chi connectivity index (χ2v) is 8.95. The van der Waals surface area contributed by atoms with Crippen LogP contribution in [0.2, 0.25) is 0 Å². The number of nitrogens with one attached hydrogen (secondary N) is 2. The molecule has 2 rings (SSSR count). The first kappa shape index (κ1) is 21.6. The predicted octanol–water partition coefficient (Wildman–Crippen LogP) is 4.65. The minimum Gasteiger partial charge on any atom is -0.307 e. The first-order valence-electron chi connectivity index (χ1n) is 9.10. The van der Waals surface area contributed by atoms with Gasteiger partial charge in [0, 0.05) is 11.3 Å². The summed E-state index contributed by atoms with van der Waals surface area (Å²) in [5, 5.41) is 2.71. The number of hydrogen-bond donors (Lipinski definition) is 2. The van der Waals surface area contributed by atoms with Crippen molar-refractivity contribution in [3.8, 4) is 0 Å². The number of amides is 2. The molecule has 7 heteroatoms. The summed E-state index contributed by atoms with van der Waals surface area (Å²) in [5.74, 6) is 0.0460. The van der Waals surface area contributed by atoms with E-state index in [2.05, 4.69) is 5.32 Å². The number of carbonyl (C=O) groups is 2. The molecule has 0 fully saturated rings. The predicted molar refractivity (Wildman–Crippen MR) is 110 cm³/mol. The first-order valence-corrected chi connectivity index (χ1v) is 10.6. The Morgan fingerprint density at radius 2 is 1.43 bits per heavy atom. The number of ketones is 1. The van der Waals surface area contributed by atoms with E-state index in [1.54, 1.807) is 0 Å². The standard InChI is InChI=1S/C21H26N2O4S/c1-13(2)18-10-7-11-19(14(3)4)20(18)22-21(25)23-28(26,27)17-9-6-8-16(12-17)15(5)24/h6-14H,1-5H3,(H2,22,23,25). The summed E-state index contributed by atoms with van der Waals surface area (Å²) in [7, 11) is -4.12. The van der Waals surface area contributed by atoms with Crippen LogP contribution in [0.25, 0.3) is 0 Å². The smallest absolute Gasteiger partial charge is 0.307 e. The van der Waals surface area contributed by atoms with E-state index in [-0.39, 0.29) is 28.1 Å². The highest BCUT2D eigenvalue weighted by Gasteiger charge is 2.21. The number of carbonyl (C=O) groups excluding carboxylic acids is 2. The van der Waals surface area contributed by atoms with Crippen LogP contribution in [0.1, 0.15) is 67.9 Å². The van der Waals surface area contributed by atoms with E-state index in [0.717, 1.165) is 11.1 Å². The maximum Gasteiger partial charge on any atom is 0.333 e. The zero-order valence-electron chi connectivity index (χ0n) is 16.7. The van der Waals surface area contributed by atoms with Gasteiger partial charge >= 0.3 is 6.03 Å². The van der Waals surface area contributed by atoms with Crippen LogP contribution in [0, 0.1) is 0 Å². The molecule has 2 aromatic rings. The molecule has 0 aliphatic carbocycles. The van der Waals surface area contributed by atoms with Gasteiger partial charge in [-0.05, 0) is 42.0 Å². The van der Waals surface area contributed by atoms with Crippen molar-refractivity contribution in [2.75, 3.05) is 5.32 Å². The molecule has 2 amide bonds. The van der Waals surface area contributed by atoms with Crippen LogP contribution in [-0.4, -0.2) is 20.2 Å². The summed E-state index contributed by atoms with van der Waals surface area (Å²) >= 11 is 0. The van der Waals surface area contributed by atoms with Crippen LogP contribution in [0.3, 0.4) is 0 Å². The molecule has 2 aromatic carbocycles. The highest BCUT2D eigenvalue weighted by Crippen LogP contribution is 2.32. The second-order valence-electron chi connectivity index (χ2n) is 7.26. The number of anilines is 1. The lowest BCUT2D eigenvalue weighted by molar-refractivity contribution is 0.101. The van der Waals surface area contributed by atoms with Crippen LogP contribution in [0.5, 0.6) is 0 Å². The number of rotatable bonds is 6. The molecule has 0 saturated heterocycles. The van der Waals surface area contributed by atoms with Crippen molar-refractivity contribution in [2.24, 2.45) is 0 Å². The Hall–Kier alpha value is -2.67. The van der Waals surface area contributed by atoms with Crippen LogP contribution >= 0.6 is 0 Å². The summed E-state index contributed by atoms with van der Waals surface area (Å²) in [6, 6.07) is 10.5. The summed E-state index contributed by atoms with van der Waals surface area (Å²) in [6.45, 7) is 9.38. The molecule has 0 bridgehead atoms. The third kappa shape index (κ3) is 4.98. The molecular formula is C21H26N2O4S. The monoisotopic (exact) mass is 402 g/mol. The molecule has 0 atom stereocenters. The molecule has 0 aliphatic heterocycles. The van der Waals surface area contributed by atoms with E-state index < -0.39 is 16.1 Å². The van der Waals surface area contributed by atoms with Gasteiger partial charge in [-0.1, -0.05) is 58.0 Å². The fourth-order valence-corrected chi connectivity index (χ4v) is 3.85. The van der Waals surface area contributed by atoms with E-state index in [1.807, 2.05) is 50.6 Å². The van der Waals surface area contributed by atoms with E-state index in [4.69, 9.17) is 0 Å². The Kier molecular flexibility index (Phi) is 6.61. The number of Topliss-reactive ketones (excluding diaryl/α,β-unsaturated/α-hetero) is 1. The van der Waals surface area contributed by atoms with E-state index in [9.17, 15) is 18.0 Å². The van der Waals surface area contributed by atoms with Gasteiger partial charge in [-0.2, -0.15) is 0 Å². The van der Waals surface area contributed by atoms with Crippen molar-refractivity contribution in [2.45, 2.75) is 51.3 Å². The number of benzene rings is 2. The lowest BCUT2D eigenvalue weighted by atomic mass is 9.93. The fraction of sp³-hybridized carbons (Fsp3) is 0.333. The molecule has 2 N–H and O–H groups in total. The lowest BCUT2D eigenvalue weighted by Gasteiger charge is -2.20. The number of sulfonamides is 1. The van der Waals surface area contributed by atoms with Crippen LogP contribution in [0.4, 0.5) is 10.5 Å². The molecule has 0 aromatic heterocycles. The largest absolute Gasteiger partial charge is 0.333 e. The minimum absolute atomic E-state index is 0.142. The number of urea groups is 1. The Morgan fingerprint density at radius 3 is 1.93 bits per heavy atom. The van der Waals surface area contributed by atoms with Crippen molar-refractivity contribution >= 4 is 27.5 Å². The molecule has 0 unspecified atom stereocenters. The van der Waals surface area contributed by atoms with Gasteiger partial charge in [-0.15, -0.1) is 0 Å². The average Bonchev–Trinajstić information content (AvgIpc) is 2.61. The van der Waals surface area contributed by atoms with Gasteiger partial charge in [0.25, 0.3) is 10.0 Å². The van der Waals surface area contributed by atoms with Gasteiger partial charge in [-0.3, -0.25) is 4.79 Å². The van der Waals surface area contributed by atoms with Crippen molar-refractivity contribution in [1.82, 2.24) is 4.72 Å². The highest BCUT2D eigenvalue weighted by atomic mass is 32.2. The summed E-state index contributed by atoms with van der Waals surface area (Å²) in [5.41, 5.74) is 2.74. The van der Waals surface area contributed by atoms with Crippen molar-refractivity contribution < 1.29 is 18.0 Å². The molecule has 6 nitrogen and oxygen atoms in total. The second kappa shape index (κ2) is 8.56. The Morgan fingerprint density at radius 1 is 0.893 bits per heavy atom. The molecule has 0 heterocycles. The van der Waals surface area contributed by atoms with Crippen molar-refractivity contribution in [3.05, 3.63) is 59.2 Å². The van der Waals surface area contributed by atoms with Crippen LogP contribution < -0.4 is 10.0 Å². The molecule has 0 spiro atoms. The van der Waals surface area contributed by atoms with Crippen molar-refractivity contribution in [3.63, 3.8) is 0 Å². The molecule has 150 valence electrons. The topological polar surface area (TPSA) is 92.3 Å². The molecule has 0 radical (unpaired) electrons. The van der Waals surface area contributed by atoms with Gasteiger partial charge in [0.2, 0.25) is 0 Å². The SMILES string of the molecule is CC(=O)c1cccc(S(=O)(=O)NC(=O)Nc2c(C(C)C)cccc2C(C)C)c1. The van der Waals surface area contributed by atoms with Crippen LogP contribution in [0.15, 0.2) is 47.4 Å². The highest BCUT2D eigenvalue weighted by molar-refractivity contribution is 7.90. The lowest BCUT2D eigenvalue weighted by Crippen LogP contribution is -2.35. The van der Waals surface area contributed by atoms with E-state index in [1.165, 1.54) is 31.2 Å². The van der Waals surface area contributed by atoms with Gasteiger partial charge in [0.1, 0.15) is 0 Å². The third-order valence-electron chi connectivity index (χ3n) is 4.39. The maximum absolute atomic E-state index is 12.6. The van der Waals surface area contributed by atoms with Crippen LogP contribution in [-0.2, 0) is 10.0 Å². The first-order chi connectivity index (χ1) is 13.0. The van der Waals surface area contributed by atoms with E-state index >= 15 is 0 Å².